The summed E-state index contributed by atoms with van der Waals surface area (Å²) in [4.78, 5) is 7.77. The van der Waals surface area contributed by atoms with E-state index < -0.39 is 31.2 Å². The second-order valence-corrected chi connectivity index (χ2v) is 5.30. The van der Waals surface area contributed by atoms with Crippen LogP contribution in [0.15, 0.2) is 6.33 Å². The molecule has 1 aliphatic rings. The van der Waals surface area contributed by atoms with Gasteiger partial charge in [0.15, 0.2) is 11.9 Å². The lowest BCUT2D eigenvalue weighted by atomic mass is 10.1. The van der Waals surface area contributed by atoms with Crippen molar-refractivity contribution in [2.24, 2.45) is 0 Å². The molecule has 21 heavy (non-hydrogen) atoms. The van der Waals surface area contributed by atoms with E-state index in [2.05, 4.69) is 47.5 Å². The summed E-state index contributed by atoms with van der Waals surface area (Å²) in [6.07, 6.45) is -3.36. The molecule has 4 atom stereocenters. The Labute approximate surface area is 132 Å². The number of halogens is 1. The highest BCUT2D eigenvalue weighted by molar-refractivity contribution is 14.1. The van der Waals surface area contributed by atoms with Crippen LogP contribution in [-0.2, 0) is 4.74 Å². The lowest BCUT2D eigenvalue weighted by molar-refractivity contribution is -0.132. The molecule has 0 radical (unpaired) electrons. The minimum absolute atomic E-state index is 0.407. The quantitative estimate of drug-likeness (QED) is 0.289. The first-order valence-electron chi connectivity index (χ1n) is 5.86. The lowest BCUT2D eigenvalue weighted by Gasteiger charge is -2.09. The highest BCUT2D eigenvalue weighted by Gasteiger charge is 2.41. The number of hydrogen-bond donors (Lipinski definition) is 6. The molecule has 7 N–H and O–H groups in total. The van der Waals surface area contributed by atoms with Gasteiger partial charge in [0.05, 0.1) is 12.0 Å². The van der Waals surface area contributed by atoms with Gasteiger partial charge in [-0.25, -0.2) is 9.97 Å². The molecule has 0 amide bonds. The van der Waals surface area contributed by atoms with E-state index in [1.165, 1.54) is 6.33 Å². The number of anilines is 1. The van der Waals surface area contributed by atoms with Gasteiger partial charge in [0, 0.05) is 0 Å². The maximum absolute atomic E-state index is 8.93. The molecule has 116 valence electrons. The zero-order valence-corrected chi connectivity index (χ0v) is 12.7. The third kappa shape index (κ3) is 3.38. The Bertz CT molecular complexity index is 611. The van der Waals surface area contributed by atoms with Crippen molar-refractivity contribution < 1.29 is 25.2 Å². The van der Waals surface area contributed by atoms with Gasteiger partial charge in [0.2, 0.25) is 0 Å². The summed E-state index contributed by atoms with van der Waals surface area (Å²) in [5, 5.41) is 42.4. The fraction of sp³-hybridized carbons (Fsp3) is 0.500. The predicted molar refractivity (Wildman–Crippen MR) is 78.8 cm³/mol. The fourth-order valence-electron chi connectivity index (χ4n) is 1.72. The van der Waals surface area contributed by atoms with Gasteiger partial charge in [-0.2, -0.15) is 5.10 Å². The molecule has 0 aliphatic carbocycles. The molecule has 3 rings (SSSR count). The molecule has 1 saturated heterocycles. The van der Waals surface area contributed by atoms with Gasteiger partial charge in [-0.15, -0.1) is 0 Å². The molecule has 1 unspecified atom stereocenters. The SMILES string of the molecule is Nc1ncnc2n[nH]c(I)c12.OC[C@H]1OC(O)[C@H](O)[C@@H]1O. The van der Waals surface area contributed by atoms with E-state index in [1.807, 2.05) is 0 Å². The third-order valence-corrected chi connectivity index (χ3v) is 3.63. The van der Waals surface area contributed by atoms with Crippen LogP contribution in [-0.4, -0.2) is 71.8 Å². The third-order valence-electron chi connectivity index (χ3n) is 2.85. The fourth-order valence-corrected chi connectivity index (χ4v) is 2.36. The Morgan fingerprint density at radius 1 is 1.29 bits per heavy atom. The van der Waals surface area contributed by atoms with Crippen LogP contribution in [0.1, 0.15) is 0 Å². The number of aliphatic hydroxyl groups excluding tert-OH is 4. The summed E-state index contributed by atoms with van der Waals surface area (Å²) in [5.41, 5.74) is 6.20. The number of nitrogens with one attached hydrogen (secondary N) is 1. The first-order valence-corrected chi connectivity index (χ1v) is 6.94. The van der Waals surface area contributed by atoms with E-state index in [-0.39, 0.29) is 0 Å². The number of ether oxygens (including phenoxy) is 1. The van der Waals surface area contributed by atoms with Crippen LogP contribution in [0.2, 0.25) is 0 Å². The molecule has 0 saturated carbocycles. The molecule has 0 spiro atoms. The monoisotopic (exact) mass is 411 g/mol. The van der Waals surface area contributed by atoms with Crippen LogP contribution in [0.4, 0.5) is 5.82 Å². The number of nitrogens with two attached hydrogens (primary N) is 1. The van der Waals surface area contributed by atoms with Gasteiger partial charge in [0.1, 0.15) is 34.2 Å². The molecule has 1 aliphatic heterocycles. The van der Waals surface area contributed by atoms with Crippen molar-refractivity contribution in [3.63, 3.8) is 0 Å². The van der Waals surface area contributed by atoms with Crippen LogP contribution >= 0.6 is 22.6 Å². The minimum atomic E-state index is -1.38. The van der Waals surface area contributed by atoms with Crippen molar-refractivity contribution in [1.29, 1.82) is 0 Å². The molecular weight excluding hydrogens is 397 g/mol. The number of aliphatic hydroxyl groups is 4. The normalized spacial score (nSPS) is 28.4. The van der Waals surface area contributed by atoms with E-state index in [0.717, 1.165) is 9.09 Å². The topological polar surface area (TPSA) is 171 Å². The van der Waals surface area contributed by atoms with Crippen molar-refractivity contribution in [1.82, 2.24) is 20.2 Å². The van der Waals surface area contributed by atoms with Crippen molar-refractivity contribution in [3.05, 3.63) is 10.0 Å². The zero-order valence-electron chi connectivity index (χ0n) is 10.6. The van der Waals surface area contributed by atoms with E-state index in [4.69, 9.17) is 26.2 Å². The summed E-state index contributed by atoms with van der Waals surface area (Å²) >= 11 is 2.10. The smallest absolute Gasteiger partial charge is 0.187 e. The predicted octanol–water partition coefficient (Wildman–Crippen LogP) is -2.04. The van der Waals surface area contributed by atoms with Gasteiger partial charge in [-0.1, -0.05) is 0 Å². The Morgan fingerprint density at radius 2 is 2.00 bits per heavy atom. The van der Waals surface area contributed by atoms with Gasteiger partial charge in [-0.3, -0.25) is 5.10 Å². The van der Waals surface area contributed by atoms with Gasteiger partial charge in [0.25, 0.3) is 0 Å². The molecular formula is C10H14IN5O5. The zero-order chi connectivity index (χ0) is 15.6. The van der Waals surface area contributed by atoms with Crippen molar-refractivity contribution in [2.45, 2.75) is 24.6 Å². The number of nitrogens with zero attached hydrogens (tertiary/aromatic N) is 3. The van der Waals surface area contributed by atoms with Crippen LogP contribution in [0.5, 0.6) is 0 Å². The highest BCUT2D eigenvalue weighted by Crippen LogP contribution is 2.19. The van der Waals surface area contributed by atoms with Gasteiger partial charge in [-0.05, 0) is 22.6 Å². The summed E-state index contributed by atoms with van der Waals surface area (Å²) < 4.78 is 5.41. The second kappa shape index (κ2) is 6.76. The summed E-state index contributed by atoms with van der Waals surface area (Å²) in [5.74, 6) is 0.466. The number of nitrogen functional groups attached to an aromatic ring is 1. The Balaban J connectivity index is 0.000000155. The molecule has 10 nitrogen and oxygen atoms in total. The highest BCUT2D eigenvalue weighted by atomic mass is 127. The Morgan fingerprint density at radius 3 is 2.48 bits per heavy atom. The lowest BCUT2D eigenvalue weighted by Crippen LogP contribution is -2.33. The number of aromatic amines is 1. The standard InChI is InChI=1S/C5H4IN5.C5H10O5/c6-3-2-4(7)8-1-9-5(2)11-10-3;6-1-2-3(7)4(8)5(9)10-2/h1H,(H3,7,8,9,10,11);2-9H,1H2/t;2-,3-,4-,5?/m.1/s1. The van der Waals surface area contributed by atoms with Crippen LogP contribution in [0.3, 0.4) is 0 Å². The number of hydrogen-bond acceptors (Lipinski definition) is 9. The molecule has 3 heterocycles. The first-order chi connectivity index (χ1) is 9.95. The largest absolute Gasteiger partial charge is 0.394 e. The summed E-state index contributed by atoms with van der Waals surface area (Å²) in [7, 11) is 0. The number of H-pyrrole nitrogens is 1. The Kier molecular flexibility index (Phi) is 5.23. The summed E-state index contributed by atoms with van der Waals surface area (Å²) in [6.45, 7) is -0.407. The van der Waals surface area contributed by atoms with Crippen LogP contribution in [0, 0.1) is 3.70 Å². The van der Waals surface area contributed by atoms with Gasteiger partial charge >= 0.3 is 0 Å². The first kappa shape index (κ1) is 16.3. The molecule has 0 bridgehead atoms. The van der Waals surface area contributed by atoms with E-state index in [9.17, 15) is 0 Å². The molecule has 1 fully saturated rings. The maximum atomic E-state index is 8.93. The average molecular weight is 411 g/mol. The van der Waals surface area contributed by atoms with Crippen molar-refractivity contribution in [3.8, 4) is 0 Å². The second-order valence-electron chi connectivity index (χ2n) is 4.22. The van der Waals surface area contributed by atoms with Crippen molar-refractivity contribution in [2.75, 3.05) is 12.3 Å². The molecule has 2 aromatic heterocycles. The molecule has 2 aromatic rings. The molecule has 0 aromatic carbocycles. The van der Waals surface area contributed by atoms with Crippen molar-refractivity contribution >= 4 is 39.4 Å². The molecule has 11 heteroatoms. The average Bonchev–Trinajstić information content (AvgIpc) is 2.96. The number of fused-ring (bicyclic) bond motifs is 1. The van der Waals surface area contributed by atoms with E-state index >= 15 is 0 Å². The van der Waals surface area contributed by atoms with E-state index in [0.29, 0.717) is 11.5 Å². The Hall–Kier alpha value is -1.12. The van der Waals surface area contributed by atoms with Crippen LogP contribution < -0.4 is 5.73 Å². The maximum Gasteiger partial charge on any atom is 0.187 e. The van der Waals surface area contributed by atoms with E-state index in [1.54, 1.807) is 0 Å². The summed E-state index contributed by atoms with van der Waals surface area (Å²) in [6, 6.07) is 0. The van der Waals surface area contributed by atoms with Crippen LogP contribution in [0.25, 0.3) is 11.0 Å². The number of aromatic nitrogens is 4. The number of rotatable bonds is 1. The minimum Gasteiger partial charge on any atom is -0.394 e. The van der Waals surface area contributed by atoms with Gasteiger partial charge < -0.3 is 30.9 Å².